The van der Waals surface area contributed by atoms with Gasteiger partial charge in [-0.3, -0.25) is 4.79 Å². The molecule has 0 aromatic heterocycles. The van der Waals surface area contributed by atoms with Gasteiger partial charge < -0.3 is 19.1 Å². The third kappa shape index (κ3) is 3.59. The number of carbonyl (C=O) groups is 1. The standard InChI is InChI=1S/C17H23NO4/c1-13-11-18(8-10-20-13)17(19)15-6-2-3-7-16(15)22-12-14-5-4-9-21-14/h2-3,6-7,13-14H,4-5,8-12H2,1H3. The predicted octanol–water partition coefficient (Wildman–Crippen LogP) is 2.11. The summed E-state index contributed by atoms with van der Waals surface area (Å²) in [6.07, 6.45) is 2.33. The number of hydrogen-bond donors (Lipinski definition) is 0. The molecule has 22 heavy (non-hydrogen) atoms. The van der Waals surface area contributed by atoms with E-state index in [2.05, 4.69) is 0 Å². The molecule has 2 aliphatic rings. The summed E-state index contributed by atoms with van der Waals surface area (Å²) in [6.45, 7) is 5.14. The predicted molar refractivity (Wildman–Crippen MR) is 82.2 cm³/mol. The Kier molecular flexibility index (Phi) is 4.95. The number of nitrogens with zero attached hydrogens (tertiary/aromatic N) is 1. The summed E-state index contributed by atoms with van der Waals surface area (Å²) in [7, 11) is 0. The largest absolute Gasteiger partial charge is 0.490 e. The number of amides is 1. The highest BCUT2D eigenvalue weighted by Gasteiger charge is 2.25. The second-order valence-electron chi connectivity index (χ2n) is 5.87. The van der Waals surface area contributed by atoms with Gasteiger partial charge in [-0.25, -0.2) is 0 Å². The Bertz CT molecular complexity index is 513. The van der Waals surface area contributed by atoms with E-state index in [4.69, 9.17) is 14.2 Å². The van der Waals surface area contributed by atoms with Crippen molar-refractivity contribution in [3.8, 4) is 5.75 Å². The molecule has 2 saturated heterocycles. The minimum atomic E-state index is 0.0121. The zero-order valence-electron chi connectivity index (χ0n) is 13.0. The van der Waals surface area contributed by atoms with Crippen LogP contribution in [0.25, 0.3) is 0 Å². The number of ether oxygens (including phenoxy) is 3. The zero-order chi connectivity index (χ0) is 15.4. The van der Waals surface area contributed by atoms with Crippen LogP contribution in [0.4, 0.5) is 0 Å². The highest BCUT2D eigenvalue weighted by molar-refractivity contribution is 5.97. The molecule has 2 fully saturated rings. The summed E-state index contributed by atoms with van der Waals surface area (Å²) in [4.78, 5) is 14.6. The van der Waals surface area contributed by atoms with Crippen LogP contribution in [0.3, 0.4) is 0 Å². The average molecular weight is 305 g/mol. The second-order valence-corrected chi connectivity index (χ2v) is 5.87. The first-order valence-corrected chi connectivity index (χ1v) is 7.98. The number of morpholine rings is 1. The first kappa shape index (κ1) is 15.3. The summed E-state index contributed by atoms with van der Waals surface area (Å²) in [5.74, 6) is 0.653. The minimum absolute atomic E-state index is 0.0121. The lowest BCUT2D eigenvalue weighted by Crippen LogP contribution is -2.44. The molecule has 5 nitrogen and oxygen atoms in total. The molecule has 3 rings (SSSR count). The van der Waals surface area contributed by atoms with E-state index < -0.39 is 0 Å². The van der Waals surface area contributed by atoms with Crippen LogP contribution in [-0.4, -0.2) is 55.9 Å². The second kappa shape index (κ2) is 7.11. The van der Waals surface area contributed by atoms with Crippen LogP contribution in [0.1, 0.15) is 30.1 Å². The third-order valence-electron chi connectivity index (χ3n) is 4.09. The van der Waals surface area contributed by atoms with E-state index in [1.54, 1.807) is 0 Å². The van der Waals surface area contributed by atoms with E-state index in [9.17, 15) is 4.79 Å². The van der Waals surface area contributed by atoms with Gasteiger partial charge in [-0.15, -0.1) is 0 Å². The monoisotopic (exact) mass is 305 g/mol. The van der Waals surface area contributed by atoms with Gasteiger partial charge in [0.25, 0.3) is 5.91 Å². The van der Waals surface area contributed by atoms with Crippen molar-refractivity contribution in [3.05, 3.63) is 29.8 Å². The molecule has 5 heteroatoms. The molecule has 0 aliphatic carbocycles. The van der Waals surface area contributed by atoms with Gasteiger partial charge in [0.05, 0.1) is 24.4 Å². The van der Waals surface area contributed by atoms with Gasteiger partial charge in [0, 0.05) is 19.7 Å². The Hall–Kier alpha value is -1.59. The van der Waals surface area contributed by atoms with E-state index in [0.29, 0.717) is 37.6 Å². The molecule has 2 atom stereocenters. The molecule has 2 aliphatic heterocycles. The molecule has 2 unspecified atom stereocenters. The molecule has 1 aromatic rings. The highest BCUT2D eigenvalue weighted by Crippen LogP contribution is 2.22. The lowest BCUT2D eigenvalue weighted by atomic mass is 10.1. The number of carbonyl (C=O) groups excluding carboxylic acids is 1. The van der Waals surface area contributed by atoms with Gasteiger partial charge in [0.1, 0.15) is 12.4 Å². The van der Waals surface area contributed by atoms with Crippen LogP contribution in [0.15, 0.2) is 24.3 Å². The maximum atomic E-state index is 12.7. The van der Waals surface area contributed by atoms with Crippen molar-refractivity contribution in [1.82, 2.24) is 4.90 Å². The van der Waals surface area contributed by atoms with Crippen molar-refractivity contribution in [2.45, 2.75) is 32.0 Å². The molecular weight excluding hydrogens is 282 g/mol. The maximum Gasteiger partial charge on any atom is 0.257 e. The van der Waals surface area contributed by atoms with Crippen molar-refractivity contribution in [1.29, 1.82) is 0 Å². The Labute approximate surface area is 131 Å². The summed E-state index contributed by atoms with van der Waals surface area (Å²) in [6, 6.07) is 7.44. The number of para-hydroxylation sites is 1. The van der Waals surface area contributed by atoms with E-state index in [0.717, 1.165) is 19.4 Å². The summed E-state index contributed by atoms with van der Waals surface area (Å²) in [5.41, 5.74) is 0.620. The fourth-order valence-corrected chi connectivity index (χ4v) is 2.90. The number of benzene rings is 1. The average Bonchev–Trinajstić information content (AvgIpc) is 3.06. The van der Waals surface area contributed by atoms with Gasteiger partial charge in [-0.2, -0.15) is 0 Å². The smallest absolute Gasteiger partial charge is 0.257 e. The molecular formula is C17H23NO4. The summed E-state index contributed by atoms with van der Waals surface area (Å²) in [5, 5.41) is 0. The third-order valence-corrected chi connectivity index (χ3v) is 4.09. The topological polar surface area (TPSA) is 48.0 Å². The summed E-state index contributed by atoms with van der Waals surface area (Å²) >= 11 is 0. The van der Waals surface area contributed by atoms with Crippen LogP contribution in [0, 0.1) is 0 Å². The highest BCUT2D eigenvalue weighted by atomic mass is 16.5. The molecule has 0 radical (unpaired) electrons. The van der Waals surface area contributed by atoms with E-state index >= 15 is 0 Å². The first-order chi connectivity index (χ1) is 10.7. The van der Waals surface area contributed by atoms with Gasteiger partial charge >= 0.3 is 0 Å². The Balaban J connectivity index is 1.68. The molecule has 0 N–H and O–H groups in total. The zero-order valence-corrected chi connectivity index (χ0v) is 13.0. The van der Waals surface area contributed by atoms with Crippen LogP contribution in [-0.2, 0) is 9.47 Å². The van der Waals surface area contributed by atoms with Gasteiger partial charge in [0.15, 0.2) is 0 Å². The lowest BCUT2D eigenvalue weighted by molar-refractivity contribution is -0.0126. The van der Waals surface area contributed by atoms with Crippen molar-refractivity contribution < 1.29 is 19.0 Å². The first-order valence-electron chi connectivity index (χ1n) is 7.98. The van der Waals surface area contributed by atoms with Gasteiger partial charge in [0.2, 0.25) is 0 Å². The van der Waals surface area contributed by atoms with Crippen molar-refractivity contribution in [2.75, 3.05) is 32.9 Å². The molecule has 0 saturated carbocycles. The molecule has 1 aromatic carbocycles. The lowest BCUT2D eigenvalue weighted by Gasteiger charge is -2.31. The minimum Gasteiger partial charge on any atom is -0.490 e. The van der Waals surface area contributed by atoms with Crippen LogP contribution >= 0.6 is 0 Å². The molecule has 120 valence electrons. The molecule has 2 heterocycles. The van der Waals surface area contributed by atoms with E-state index in [-0.39, 0.29) is 18.1 Å². The fraction of sp³-hybridized carbons (Fsp3) is 0.588. The quantitative estimate of drug-likeness (QED) is 0.855. The van der Waals surface area contributed by atoms with Crippen LogP contribution in [0.2, 0.25) is 0 Å². The normalized spacial score (nSPS) is 25.2. The van der Waals surface area contributed by atoms with E-state index in [1.165, 1.54) is 0 Å². The van der Waals surface area contributed by atoms with Crippen molar-refractivity contribution >= 4 is 5.91 Å². The maximum absolute atomic E-state index is 12.7. The number of rotatable bonds is 4. The Morgan fingerprint density at radius 3 is 2.95 bits per heavy atom. The Morgan fingerprint density at radius 2 is 2.18 bits per heavy atom. The Morgan fingerprint density at radius 1 is 1.32 bits per heavy atom. The van der Waals surface area contributed by atoms with Crippen molar-refractivity contribution in [3.63, 3.8) is 0 Å². The van der Waals surface area contributed by atoms with Crippen LogP contribution in [0.5, 0.6) is 5.75 Å². The van der Waals surface area contributed by atoms with Gasteiger partial charge in [-0.1, -0.05) is 12.1 Å². The molecule has 0 bridgehead atoms. The summed E-state index contributed by atoms with van der Waals surface area (Å²) < 4.78 is 16.9. The molecule has 1 amide bonds. The van der Waals surface area contributed by atoms with Crippen LogP contribution < -0.4 is 4.74 Å². The fourth-order valence-electron chi connectivity index (χ4n) is 2.90. The van der Waals surface area contributed by atoms with Crippen molar-refractivity contribution in [2.24, 2.45) is 0 Å². The number of hydrogen-bond acceptors (Lipinski definition) is 4. The molecule has 0 spiro atoms. The van der Waals surface area contributed by atoms with E-state index in [1.807, 2.05) is 36.1 Å². The van der Waals surface area contributed by atoms with Gasteiger partial charge in [-0.05, 0) is 31.9 Å². The SMILES string of the molecule is CC1CN(C(=O)c2ccccc2OCC2CCCO2)CCO1.